The Morgan fingerprint density at radius 1 is 1.39 bits per heavy atom. The van der Waals surface area contributed by atoms with E-state index < -0.39 is 0 Å². The number of nitrogens with zero attached hydrogens (tertiary/aromatic N) is 2. The molecule has 0 bridgehead atoms. The van der Waals surface area contributed by atoms with E-state index in [1.165, 1.54) is 13.2 Å². The van der Waals surface area contributed by atoms with Crippen LogP contribution in [0, 0.1) is 5.82 Å². The molecule has 0 radical (unpaired) electrons. The summed E-state index contributed by atoms with van der Waals surface area (Å²) in [5.74, 6) is -0.0247. The lowest BCUT2D eigenvalue weighted by Gasteiger charge is -2.20. The third-order valence-corrected chi connectivity index (χ3v) is 3.39. The second kappa shape index (κ2) is 4.98. The van der Waals surface area contributed by atoms with Crippen LogP contribution in [0.2, 0.25) is 0 Å². The van der Waals surface area contributed by atoms with Gasteiger partial charge in [0.05, 0.1) is 12.6 Å². The first kappa shape index (κ1) is 12.9. The number of rotatable bonds is 4. The third kappa shape index (κ3) is 2.34. The van der Waals surface area contributed by atoms with E-state index in [-0.39, 0.29) is 5.82 Å². The predicted molar refractivity (Wildman–Crippen MR) is 71.6 cm³/mol. The lowest BCUT2D eigenvalue weighted by Crippen LogP contribution is -2.28. The highest BCUT2D eigenvalue weighted by Crippen LogP contribution is 2.25. The highest BCUT2D eigenvalue weighted by atomic mass is 19.1. The maximum absolute atomic E-state index is 13.6. The van der Waals surface area contributed by atoms with Crippen molar-refractivity contribution in [2.24, 2.45) is 0 Å². The molecule has 0 spiro atoms. The monoisotopic (exact) mass is 250 g/mol. The van der Waals surface area contributed by atoms with Crippen molar-refractivity contribution in [3.63, 3.8) is 0 Å². The van der Waals surface area contributed by atoms with Crippen molar-refractivity contribution in [1.82, 2.24) is 9.47 Å². The van der Waals surface area contributed by atoms with Crippen LogP contribution in [0.25, 0.3) is 10.9 Å². The molecular formula is C14H19FN2O. The average molecular weight is 250 g/mol. The Kier molecular flexibility index (Phi) is 3.57. The number of fused-ring (bicyclic) bond motifs is 1. The van der Waals surface area contributed by atoms with Crippen LogP contribution in [0.15, 0.2) is 24.4 Å². The molecule has 1 heterocycles. The Balaban J connectivity index is 2.40. The van der Waals surface area contributed by atoms with Crippen LogP contribution in [0.4, 0.5) is 4.39 Å². The minimum atomic E-state index is -0.316. The van der Waals surface area contributed by atoms with Crippen molar-refractivity contribution in [3.05, 3.63) is 30.2 Å². The molecule has 0 aliphatic heterocycles. The zero-order valence-corrected chi connectivity index (χ0v) is 11.3. The zero-order chi connectivity index (χ0) is 13.3. The topological polar surface area (TPSA) is 17.4 Å². The summed E-state index contributed by atoms with van der Waals surface area (Å²) in [6.07, 6.45) is 1.99. The van der Waals surface area contributed by atoms with Gasteiger partial charge in [-0.05, 0) is 33.2 Å². The first-order valence-corrected chi connectivity index (χ1v) is 6.01. The second-order valence-corrected chi connectivity index (χ2v) is 4.83. The van der Waals surface area contributed by atoms with E-state index in [0.29, 0.717) is 11.8 Å². The molecule has 3 nitrogen and oxygen atoms in total. The molecule has 0 fully saturated rings. The standard InChI is InChI=1S/C14H19FN2O/c1-10(16(2)3)9-17-6-5-11-7-12(15)14(18-4)8-13(11)17/h5-8,10H,9H2,1-4H3. The lowest BCUT2D eigenvalue weighted by molar-refractivity contribution is 0.286. The Morgan fingerprint density at radius 3 is 2.72 bits per heavy atom. The molecule has 0 amide bonds. The largest absolute Gasteiger partial charge is 0.494 e. The van der Waals surface area contributed by atoms with E-state index in [1.807, 2.05) is 12.3 Å². The quantitative estimate of drug-likeness (QED) is 0.830. The summed E-state index contributed by atoms with van der Waals surface area (Å²) in [4.78, 5) is 2.16. The second-order valence-electron chi connectivity index (χ2n) is 4.83. The molecule has 98 valence electrons. The van der Waals surface area contributed by atoms with Crippen LogP contribution >= 0.6 is 0 Å². The fourth-order valence-corrected chi connectivity index (χ4v) is 1.95. The number of hydrogen-bond donors (Lipinski definition) is 0. The summed E-state index contributed by atoms with van der Waals surface area (Å²) in [5.41, 5.74) is 1.00. The smallest absolute Gasteiger partial charge is 0.165 e. The SMILES string of the molecule is COc1cc2c(ccn2CC(C)N(C)C)cc1F. The summed E-state index contributed by atoms with van der Waals surface area (Å²) in [5, 5.41) is 0.902. The van der Waals surface area contributed by atoms with Gasteiger partial charge in [-0.1, -0.05) is 0 Å². The van der Waals surface area contributed by atoms with Gasteiger partial charge in [0, 0.05) is 30.2 Å². The van der Waals surface area contributed by atoms with Gasteiger partial charge in [-0.3, -0.25) is 0 Å². The average Bonchev–Trinajstić information content (AvgIpc) is 2.70. The molecule has 0 saturated carbocycles. The van der Waals surface area contributed by atoms with Gasteiger partial charge in [0.15, 0.2) is 11.6 Å². The molecule has 18 heavy (non-hydrogen) atoms. The molecule has 1 unspecified atom stereocenters. The number of halogens is 1. The van der Waals surface area contributed by atoms with Crippen molar-refractivity contribution >= 4 is 10.9 Å². The molecule has 2 aromatic rings. The molecule has 1 aromatic carbocycles. The third-order valence-electron chi connectivity index (χ3n) is 3.39. The fourth-order valence-electron chi connectivity index (χ4n) is 1.95. The summed E-state index contributed by atoms with van der Waals surface area (Å²) in [7, 11) is 5.59. The molecule has 1 atom stereocenters. The number of likely N-dealkylation sites (N-methyl/N-ethyl adjacent to an activating group) is 1. The molecule has 0 aliphatic carbocycles. The van der Waals surface area contributed by atoms with E-state index in [9.17, 15) is 4.39 Å². The van der Waals surface area contributed by atoms with E-state index in [2.05, 4.69) is 30.5 Å². The summed E-state index contributed by atoms with van der Waals surface area (Å²) in [6.45, 7) is 3.03. The van der Waals surface area contributed by atoms with Crippen molar-refractivity contribution < 1.29 is 9.13 Å². The summed E-state index contributed by atoms with van der Waals surface area (Å²) >= 11 is 0. The molecule has 4 heteroatoms. The minimum Gasteiger partial charge on any atom is -0.494 e. The van der Waals surface area contributed by atoms with Crippen LogP contribution in [0.5, 0.6) is 5.75 Å². The predicted octanol–water partition coefficient (Wildman–Crippen LogP) is 2.74. The Labute approximate surface area is 107 Å². The van der Waals surface area contributed by atoms with E-state index in [0.717, 1.165) is 17.4 Å². The zero-order valence-electron chi connectivity index (χ0n) is 11.3. The fraction of sp³-hybridized carbons (Fsp3) is 0.429. The highest BCUT2D eigenvalue weighted by Gasteiger charge is 2.11. The van der Waals surface area contributed by atoms with E-state index >= 15 is 0 Å². The van der Waals surface area contributed by atoms with Gasteiger partial charge in [-0.2, -0.15) is 0 Å². The maximum atomic E-state index is 13.6. The first-order valence-electron chi connectivity index (χ1n) is 6.01. The number of hydrogen-bond acceptors (Lipinski definition) is 2. The minimum absolute atomic E-state index is 0.292. The van der Waals surface area contributed by atoms with Crippen molar-refractivity contribution in [2.45, 2.75) is 19.5 Å². The highest BCUT2D eigenvalue weighted by molar-refractivity contribution is 5.81. The van der Waals surface area contributed by atoms with Gasteiger partial charge >= 0.3 is 0 Å². The lowest BCUT2D eigenvalue weighted by atomic mass is 10.2. The Morgan fingerprint density at radius 2 is 2.11 bits per heavy atom. The van der Waals surface area contributed by atoms with Crippen LogP contribution in [0.3, 0.4) is 0 Å². The summed E-state index contributed by atoms with van der Waals surface area (Å²) < 4.78 is 20.7. The van der Waals surface area contributed by atoms with Crippen molar-refractivity contribution in [3.8, 4) is 5.75 Å². The maximum Gasteiger partial charge on any atom is 0.165 e. The van der Waals surface area contributed by atoms with Gasteiger partial charge in [0.1, 0.15) is 0 Å². The van der Waals surface area contributed by atoms with Gasteiger partial charge in [-0.25, -0.2) is 4.39 Å². The number of ether oxygens (including phenoxy) is 1. The summed E-state index contributed by atoms with van der Waals surface area (Å²) in [6, 6.07) is 5.62. The molecule has 2 rings (SSSR count). The van der Waals surface area contributed by atoms with E-state index in [1.54, 1.807) is 6.07 Å². The van der Waals surface area contributed by atoms with Crippen LogP contribution in [-0.2, 0) is 6.54 Å². The Hall–Kier alpha value is -1.55. The van der Waals surface area contributed by atoms with E-state index in [4.69, 9.17) is 4.74 Å². The molecule has 1 aromatic heterocycles. The van der Waals surface area contributed by atoms with Crippen LogP contribution in [-0.4, -0.2) is 36.7 Å². The molecular weight excluding hydrogens is 231 g/mol. The number of methoxy groups -OCH3 is 1. The number of benzene rings is 1. The van der Waals surface area contributed by atoms with Gasteiger partial charge < -0.3 is 14.2 Å². The van der Waals surface area contributed by atoms with Gasteiger partial charge in [-0.15, -0.1) is 0 Å². The van der Waals surface area contributed by atoms with Crippen LogP contribution < -0.4 is 4.74 Å². The Bertz CT molecular complexity index is 548. The first-order chi connectivity index (χ1) is 8.52. The molecule has 0 aliphatic rings. The van der Waals surface area contributed by atoms with Crippen molar-refractivity contribution in [2.75, 3.05) is 21.2 Å². The molecule has 0 N–H and O–H groups in total. The van der Waals surface area contributed by atoms with Crippen LogP contribution in [0.1, 0.15) is 6.92 Å². The van der Waals surface area contributed by atoms with Gasteiger partial charge in [0.25, 0.3) is 0 Å². The number of aromatic nitrogens is 1. The molecule has 0 saturated heterocycles. The van der Waals surface area contributed by atoms with Crippen molar-refractivity contribution in [1.29, 1.82) is 0 Å². The van der Waals surface area contributed by atoms with Gasteiger partial charge in [0.2, 0.25) is 0 Å². The normalized spacial score (nSPS) is 13.2.